The van der Waals surface area contributed by atoms with Gasteiger partial charge in [-0.15, -0.1) is 0 Å². The maximum absolute atomic E-state index is 11.6. The topological polar surface area (TPSA) is 73.3 Å². The van der Waals surface area contributed by atoms with E-state index in [0.29, 0.717) is 5.56 Å². The van der Waals surface area contributed by atoms with Crippen molar-refractivity contribution in [3.05, 3.63) is 54.4 Å². The summed E-state index contributed by atoms with van der Waals surface area (Å²) >= 11 is 0. The molecule has 0 aliphatic carbocycles. The fourth-order valence-electron chi connectivity index (χ4n) is 1.20. The fraction of sp³-hybridized carbons (Fsp3) is 0. The van der Waals surface area contributed by atoms with Crippen molar-refractivity contribution in [1.82, 2.24) is 9.78 Å². The molecule has 0 unspecified atom stereocenters. The van der Waals surface area contributed by atoms with E-state index in [0.717, 1.165) is 0 Å². The first kappa shape index (κ1) is 10.1. The first-order valence-corrected chi connectivity index (χ1v) is 4.71. The van der Waals surface area contributed by atoms with Gasteiger partial charge in [0, 0.05) is 18.0 Å². The maximum Gasteiger partial charge on any atom is 0.280 e. The van der Waals surface area contributed by atoms with Gasteiger partial charge >= 0.3 is 0 Å². The quantitative estimate of drug-likeness (QED) is 0.565. The summed E-state index contributed by atoms with van der Waals surface area (Å²) in [6, 6.07) is 10.4. The Morgan fingerprint density at radius 1 is 1.25 bits per heavy atom. The van der Waals surface area contributed by atoms with E-state index in [1.807, 2.05) is 6.07 Å². The van der Waals surface area contributed by atoms with Crippen LogP contribution < -0.4 is 5.73 Å². The molecule has 80 valence electrons. The van der Waals surface area contributed by atoms with Crippen LogP contribution in [0.25, 0.3) is 0 Å². The lowest BCUT2D eigenvalue weighted by Crippen LogP contribution is -2.24. The molecule has 1 aromatic carbocycles. The molecule has 0 aliphatic rings. The Bertz CT molecular complexity index is 502. The average molecular weight is 214 g/mol. The summed E-state index contributed by atoms with van der Waals surface area (Å²) in [6.07, 6.45) is 3.19. The lowest BCUT2D eigenvalue weighted by Gasteiger charge is -1.99. The molecule has 1 heterocycles. The second-order valence-electron chi connectivity index (χ2n) is 3.09. The van der Waals surface area contributed by atoms with Gasteiger partial charge < -0.3 is 5.73 Å². The van der Waals surface area contributed by atoms with E-state index in [1.165, 1.54) is 4.68 Å². The summed E-state index contributed by atoms with van der Waals surface area (Å²) in [5.41, 5.74) is 6.11. The number of carbonyl (C=O) groups excluding carboxylic acids is 1. The molecule has 0 saturated heterocycles. The van der Waals surface area contributed by atoms with Crippen LogP contribution in [0.3, 0.4) is 0 Å². The van der Waals surface area contributed by atoms with Crippen molar-refractivity contribution in [2.24, 2.45) is 10.7 Å². The Balaban J connectivity index is 2.22. The van der Waals surface area contributed by atoms with Crippen molar-refractivity contribution in [3.63, 3.8) is 0 Å². The minimum atomic E-state index is -0.381. The van der Waals surface area contributed by atoms with E-state index in [-0.39, 0.29) is 11.9 Å². The van der Waals surface area contributed by atoms with E-state index in [1.54, 1.807) is 42.7 Å². The summed E-state index contributed by atoms with van der Waals surface area (Å²) in [5.74, 6) is -0.326. The molecule has 5 nitrogen and oxygen atoms in total. The number of carbonyl (C=O) groups is 1. The fourth-order valence-corrected chi connectivity index (χ4v) is 1.20. The Hall–Kier alpha value is -2.43. The predicted molar refractivity (Wildman–Crippen MR) is 60.0 cm³/mol. The first-order valence-electron chi connectivity index (χ1n) is 4.71. The van der Waals surface area contributed by atoms with Crippen LogP contribution in [0.2, 0.25) is 0 Å². The number of aliphatic imine (C=N–C) groups is 1. The zero-order chi connectivity index (χ0) is 11.4. The van der Waals surface area contributed by atoms with Gasteiger partial charge in [-0.25, -0.2) is 4.68 Å². The van der Waals surface area contributed by atoms with E-state index in [4.69, 9.17) is 5.73 Å². The third kappa shape index (κ3) is 2.14. The smallest absolute Gasteiger partial charge is 0.280 e. The standard InChI is InChI=1S/C11H10N4O/c12-11(15-8-4-7-13-15)14-10(16)9-5-2-1-3-6-9/h1-8H,(H2,12,14,16). The number of nitrogens with zero attached hydrogens (tertiary/aromatic N) is 3. The normalized spacial score (nSPS) is 11.4. The van der Waals surface area contributed by atoms with E-state index >= 15 is 0 Å². The molecule has 0 radical (unpaired) electrons. The van der Waals surface area contributed by atoms with Crippen LogP contribution in [0, 0.1) is 0 Å². The van der Waals surface area contributed by atoms with Crippen LogP contribution in [-0.2, 0) is 0 Å². The van der Waals surface area contributed by atoms with Crippen molar-refractivity contribution < 1.29 is 4.79 Å². The van der Waals surface area contributed by atoms with Crippen LogP contribution in [0.5, 0.6) is 0 Å². The molecule has 0 spiro atoms. The van der Waals surface area contributed by atoms with Gasteiger partial charge in [0.2, 0.25) is 5.96 Å². The van der Waals surface area contributed by atoms with Crippen LogP contribution in [0.1, 0.15) is 10.4 Å². The SMILES string of the molecule is NC(=NC(=O)c1ccccc1)n1cccn1. The third-order valence-electron chi connectivity index (χ3n) is 1.98. The second-order valence-corrected chi connectivity index (χ2v) is 3.09. The molecule has 0 bridgehead atoms. The molecule has 0 fully saturated rings. The monoisotopic (exact) mass is 214 g/mol. The summed E-state index contributed by atoms with van der Waals surface area (Å²) in [4.78, 5) is 15.4. The zero-order valence-electron chi connectivity index (χ0n) is 8.45. The van der Waals surface area contributed by atoms with Crippen LogP contribution in [-0.4, -0.2) is 21.6 Å². The van der Waals surface area contributed by atoms with Crippen molar-refractivity contribution >= 4 is 11.9 Å². The number of rotatable bonds is 1. The summed E-state index contributed by atoms with van der Waals surface area (Å²) in [6.45, 7) is 0. The average Bonchev–Trinajstić information content (AvgIpc) is 2.83. The Kier molecular flexibility index (Phi) is 2.77. The second kappa shape index (κ2) is 4.39. The van der Waals surface area contributed by atoms with Gasteiger partial charge in [-0.1, -0.05) is 18.2 Å². The van der Waals surface area contributed by atoms with Crippen LogP contribution in [0.15, 0.2) is 53.8 Å². The molecule has 0 atom stereocenters. The number of aromatic nitrogens is 2. The highest BCUT2D eigenvalue weighted by Crippen LogP contribution is 2.00. The molecule has 2 aromatic rings. The molecule has 1 amide bonds. The Morgan fingerprint density at radius 2 is 2.00 bits per heavy atom. The van der Waals surface area contributed by atoms with Crippen LogP contribution >= 0.6 is 0 Å². The molecule has 16 heavy (non-hydrogen) atoms. The van der Waals surface area contributed by atoms with Crippen molar-refractivity contribution in [2.45, 2.75) is 0 Å². The largest absolute Gasteiger partial charge is 0.368 e. The number of hydrogen-bond donors (Lipinski definition) is 1. The lowest BCUT2D eigenvalue weighted by atomic mass is 10.2. The highest BCUT2D eigenvalue weighted by atomic mass is 16.1. The summed E-state index contributed by atoms with van der Waals surface area (Å²) in [7, 11) is 0. The number of nitrogens with two attached hydrogens (primary N) is 1. The van der Waals surface area contributed by atoms with E-state index in [2.05, 4.69) is 10.1 Å². The van der Waals surface area contributed by atoms with Gasteiger partial charge in [-0.05, 0) is 18.2 Å². The Labute approximate surface area is 92.2 Å². The highest BCUT2D eigenvalue weighted by Gasteiger charge is 2.04. The van der Waals surface area contributed by atoms with Crippen LogP contribution in [0.4, 0.5) is 0 Å². The minimum Gasteiger partial charge on any atom is -0.368 e. The van der Waals surface area contributed by atoms with Crippen molar-refractivity contribution in [2.75, 3.05) is 0 Å². The van der Waals surface area contributed by atoms with Gasteiger partial charge in [0.05, 0.1) is 0 Å². The number of amides is 1. The Morgan fingerprint density at radius 3 is 2.62 bits per heavy atom. The maximum atomic E-state index is 11.6. The number of benzene rings is 1. The lowest BCUT2D eigenvalue weighted by molar-refractivity contribution is 0.100. The predicted octanol–water partition coefficient (Wildman–Crippen LogP) is 0.886. The number of hydrogen-bond acceptors (Lipinski definition) is 2. The molecule has 0 saturated carbocycles. The van der Waals surface area contributed by atoms with Gasteiger partial charge in [-0.3, -0.25) is 4.79 Å². The first-order chi connectivity index (χ1) is 7.77. The van der Waals surface area contributed by atoms with Gasteiger partial charge in [0.25, 0.3) is 5.91 Å². The van der Waals surface area contributed by atoms with Gasteiger partial charge in [0.1, 0.15) is 0 Å². The molecular weight excluding hydrogens is 204 g/mol. The third-order valence-corrected chi connectivity index (χ3v) is 1.98. The molecule has 2 N–H and O–H groups in total. The summed E-state index contributed by atoms with van der Waals surface area (Å²) < 4.78 is 1.33. The minimum absolute atomic E-state index is 0.0545. The van der Waals surface area contributed by atoms with Gasteiger partial charge in [0.15, 0.2) is 0 Å². The van der Waals surface area contributed by atoms with Crippen molar-refractivity contribution in [1.29, 1.82) is 0 Å². The van der Waals surface area contributed by atoms with Crippen molar-refractivity contribution in [3.8, 4) is 0 Å². The molecule has 0 aliphatic heterocycles. The highest BCUT2D eigenvalue weighted by molar-refractivity contribution is 6.02. The molecule has 1 aromatic heterocycles. The van der Waals surface area contributed by atoms with Gasteiger partial charge in [-0.2, -0.15) is 10.1 Å². The van der Waals surface area contributed by atoms with E-state index < -0.39 is 0 Å². The zero-order valence-corrected chi connectivity index (χ0v) is 8.45. The molecule has 5 heteroatoms. The summed E-state index contributed by atoms with van der Waals surface area (Å²) in [5, 5.41) is 3.87. The van der Waals surface area contributed by atoms with E-state index in [9.17, 15) is 4.79 Å². The molecular formula is C11H10N4O. The molecule has 2 rings (SSSR count).